The number of rotatable bonds is 7. The van der Waals surface area contributed by atoms with Crippen molar-refractivity contribution < 1.29 is 23.1 Å². The summed E-state index contributed by atoms with van der Waals surface area (Å²) in [7, 11) is 1.62. The maximum atomic E-state index is 13.6. The van der Waals surface area contributed by atoms with Crippen molar-refractivity contribution in [3.63, 3.8) is 0 Å². The Labute approximate surface area is 183 Å². The lowest BCUT2D eigenvalue weighted by molar-refractivity contribution is 0.0948. The van der Waals surface area contributed by atoms with E-state index in [1.807, 2.05) is 0 Å². The smallest absolute Gasteiger partial charge is 0.292 e. The Morgan fingerprint density at radius 2 is 2.03 bits per heavy atom. The van der Waals surface area contributed by atoms with E-state index in [1.54, 1.807) is 14.0 Å². The highest BCUT2D eigenvalue weighted by atomic mass is 32.1. The van der Waals surface area contributed by atoms with E-state index in [2.05, 4.69) is 10.6 Å². The quantitative estimate of drug-likeness (QED) is 0.511. The van der Waals surface area contributed by atoms with E-state index in [0.717, 1.165) is 36.1 Å². The summed E-state index contributed by atoms with van der Waals surface area (Å²) in [6, 6.07) is 4.16. The maximum Gasteiger partial charge on any atom is 0.292 e. The van der Waals surface area contributed by atoms with E-state index < -0.39 is 5.91 Å². The van der Waals surface area contributed by atoms with Crippen molar-refractivity contribution in [1.82, 2.24) is 5.32 Å². The summed E-state index contributed by atoms with van der Waals surface area (Å²) in [5.74, 6) is -0.893. The predicted molar refractivity (Wildman–Crippen MR) is 119 cm³/mol. The molecule has 2 N–H and O–H groups in total. The molecular weight excluding hydrogens is 419 g/mol. The molecular formula is C23H25FN2O4S. The van der Waals surface area contributed by atoms with Gasteiger partial charge in [-0.3, -0.25) is 9.59 Å². The molecule has 164 valence electrons. The van der Waals surface area contributed by atoms with Gasteiger partial charge in [0.15, 0.2) is 5.76 Å². The van der Waals surface area contributed by atoms with Crippen LogP contribution >= 0.6 is 11.3 Å². The van der Waals surface area contributed by atoms with Crippen LogP contribution < -0.4 is 10.6 Å². The van der Waals surface area contributed by atoms with Gasteiger partial charge in [0.2, 0.25) is 0 Å². The van der Waals surface area contributed by atoms with E-state index in [4.69, 9.17) is 9.15 Å². The minimum Gasteiger partial charge on any atom is -0.451 e. The van der Waals surface area contributed by atoms with Crippen LogP contribution in [-0.4, -0.2) is 32.1 Å². The number of halogens is 1. The van der Waals surface area contributed by atoms with Gasteiger partial charge in [0.1, 0.15) is 16.4 Å². The van der Waals surface area contributed by atoms with Gasteiger partial charge in [-0.1, -0.05) is 0 Å². The number of nitrogens with one attached hydrogen (secondary N) is 2. The number of anilines is 1. The topological polar surface area (TPSA) is 80.6 Å². The number of hydrogen-bond donors (Lipinski definition) is 2. The molecule has 3 aromatic rings. The molecule has 1 aromatic carbocycles. The van der Waals surface area contributed by atoms with Gasteiger partial charge in [0.05, 0.1) is 5.56 Å². The predicted octanol–water partition coefficient (Wildman–Crippen LogP) is 4.84. The van der Waals surface area contributed by atoms with Gasteiger partial charge >= 0.3 is 0 Å². The molecule has 1 aliphatic carbocycles. The number of ether oxygens (including phenoxy) is 1. The SMILES string of the molecule is COCCCNC(=O)c1c(NC(=O)c2oc3ccc(F)cc3c2C)sc2c1CCCC2. The monoisotopic (exact) mass is 444 g/mol. The lowest BCUT2D eigenvalue weighted by atomic mass is 9.95. The van der Waals surface area contributed by atoms with Crippen LogP contribution in [0.1, 0.15) is 56.2 Å². The summed E-state index contributed by atoms with van der Waals surface area (Å²) in [4.78, 5) is 27.1. The fraction of sp³-hybridized carbons (Fsp3) is 0.391. The molecule has 2 heterocycles. The lowest BCUT2D eigenvalue weighted by Gasteiger charge is -2.13. The summed E-state index contributed by atoms with van der Waals surface area (Å²) in [5.41, 5.74) is 2.59. The highest BCUT2D eigenvalue weighted by Gasteiger charge is 2.27. The first kappa shape index (κ1) is 21.5. The average Bonchev–Trinajstić information content (AvgIpc) is 3.28. The van der Waals surface area contributed by atoms with Crippen LogP contribution in [0.5, 0.6) is 0 Å². The molecule has 0 aliphatic heterocycles. The number of hydrogen-bond acceptors (Lipinski definition) is 5. The van der Waals surface area contributed by atoms with Gasteiger partial charge in [-0.25, -0.2) is 4.39 Å². The fourth-order valence-electron chi connectivity index (χ4n) is 3.97. The molecule has 2 amide bonds. The van der Waals surface area contributed by atoms with E-state index in [0.29, 0.717) is 46.7 Å². The van der Waals surface area contributed by atoms with Crippen LogP contribution in [-0.2, 0) is 17.6 Å². The van der Waals surface area contributed by atoms with Crippen molar-refractivity contribution in [3.8, 4) is 0 Å². The molecule has 0 spiro atoms. The Morgan fingerprint density at radius 3 is 2.84 bits per heavy atom. The number of thiophene rings is 1. The van der Waals surface area contributed by atoms with Gasteiger partial charge < -0.3 is 19.8 Å². The molecule has 31 heavy (non-hydrogen) atoms. The average molecular weight is 445 g/mol. The normalized spacial score (nSPS) is 13.3. The molecule has 0 fully saturated rings. The molecule has 0 radical (unpaired) electrons. The third kappa shape index (κ3) is 4.36. The van der Waals surface area contributed by atoms with Crippen molar-refractivity contribution >= 4 is 39.1 Å². The zero-order valence-corrected chi connectivity index (χ0v) is 18.4. The molecule has 6 nitrogen and oxygen atoms in total. The first-order valence-corrected chi connectivity index (χ1v) is 11.2. The number of amides is 2. The van der Waals surface area contributed by atoms with Crippen LogP contribution in [0.3, 0.4) is 0 Å². The Kier molecular flexibility index (Phi) is 6.38. The van der Waals surface area contributed by atoms with Crippen LogP contribution in [0.2, 0.25) is 0 Å². The van der Waals surface area contributed by atoms with Gasteiger partial charge in [0.25, 0.3) is 11.8 Å². The first-order chi connectivity index (χ1) is 15.0. The summed E-state index contributed by atoms with van der Waals surface area (Å²) in [5, 5.41) is 6.92. The van der Waals surface area contributed by atoms with Crippen molar-refractivity contribution in [3.05, 3.63) is 51.3 Å². The number of fused-ring (bicyclic) bond motifs is 2. The highest BCUT2D eigenvalue weighted by Crippen LogP contribution is 2.38. The zero-order chi connectivity index (χ0) is 22.0. The van der Waals surface area contributed by atoms with Crippen molar-refractivity contribution in [2.45, 2.75) is 39.0 Å². The van der Waals surface area contributed by atoms with E-state index in [1.165, 1.54) is 29.5 Å². The van der Waals surface area contributed by atoms with Crippen molar-refractivity contribution in [1.29, 1.82) is 0 Å². The van der Waals surface area contributed by atoms with Crippen LogP contribution in [0.15, 0.2) is 22.6 Å². The molecule has 8 heteroatoms. The van der Waals surface area contributed by atoms with Crippen LogP contribution in [0.4, 0.5) is 9.39 Å². The Balaban J connectivity index is 1.62. The van der Waals surface area contributed by atoms with Gasteiger partial charge in [-0.2, -0.15) is 0 Å². The Bertz CT molecular complexity index is 1130. The second-order valence-electron chi connectivity index (χ2n) is 7.67. The molecule has 0 bridgehead atoms. The number of methoxy groups -OCH3 is 1. The molecule has 2 aromatic heterocycles. The molecule has 0 saturated carbocycles. The highest BCUT2D eigenvalue weighted by molar-refractivity contribution is 7.17. The van der Waals surface area contributed by atoms with Gasteiger partial charge in [0, 0.05) is 36.1 Å². The van der Waals surface area contributed by atoms with Crippen LogP contribution in [0, 0.1) is 12.7 Å². The number of aryl methyl sites for hydroxylation is 2. The zero-order valence-electron chi connectivity index (χ0n) is 17.6. The largest absolute Gasteiger partial charge is 0.451 e. The van der Waals surface area contributed by atoms with E-state index >= 15 is 0 Å². The molecule has 4 rings (SSSR count). The Hall–Kier alpha value is -2.71. The number of benzene rings is 1. The number of carbonyl (C=O) groups is 2. The number of carbonyl (C=O) groups excluding carboxylic acids is 2. The third-order valence-corrected chi connectivity index (χ3v) is 6.75. The Morgan fingerprint density at radius 1 is 1.23 bits per heavy atom. The standard InChI is InChI=1S/C23H25FN2O4S/c1-13-16-12-14(24)8-9-17(16)30-20(13)22(28)26-23-19(21(27)25-10-5-11-29-2)15-6-3-4-7-18(15)31-23/h8-9,12H,3-7,10-11H2,1-2H3,(H,25,27)(H,26,28). The lowest BCUT2D eigenvalue weighted by Crippen LogP contribution is -2.27. The molecule has 1 aliphatic rings. The summed E-state index contributed by atoms with van der Waals surface area (Å²) < 4.78 is 24.3. The van der Waals surface area contributed by atoms with Gasteiger partial charge in [-0.15, -0.1) is 11.3 Å². The molecule has 0 atom stereocenters. The second-order valence-corrected chi connectivity index (χ2v) is 8.77. The van der Waals surface area contributed by atoms with Gasteiger partial charge in [-0.05, 0) is 62.8 Å². The minimum absolute atomic E-state index is 0.124. The second kappa shape index (κ2) is 9.20. The van der Waals surface area contributed by atoms with Crippen LogP contribution in [0.25, 0.3) is 11.0 Å². The first-order valence-electron chi connectivity index (χ1n) is 10.4. The molecule has 0 saturated heterocycles. The summed E-state index contributed by atoms with van der Waals surface area (Å²) in [6.07, 6.45) is 4.54. The van der Waals surface area contributed by atoms with Crippen molar-refractivity contribution in [2.75, 3.05) is 25.6 Å². The maximum absolute atomic E-state index is 13.6. The van der Waals surface area contributed by atoms with E-state index in [9.17, 15) is 14.0 Å². The third-order valence-electron chi connectivity index (χ3n) is 5.54. The van der Waals surface area contributed by atoms with Crippen molar-refractivity contribution in [2.24, 2.45) is 0 Å². The fourth-order valence-corrected chi connectivity index (χ4v) is 5.25. The summed E-state index contributed by atoms with van der Waals surface area (Å²) >= 11 is 1.45. The minimum atomic E-state index is -0.443. The molecule has 0 unspecified atom stereocenters. The summed E-state index contributed by atoms with van der Waals surface area (Å²) in [6.45, 7) is 2.79. The van der Waals surface area contributed by atoms with E-state index in [-0.39, 0.29) is 17.5 Å². The number of furan rings is 1.